The van der Waals surface area contributed by atoms with Gasteiger partial charge in [0.05, 0.1) is 11.6 Å². The molecule has 16 heavy (non-hydrogen) atoms. The van der Waals surface area contributed by atoms with E-state index in [9.17, 15) is 0 Å². The van der Waals surface area contributed by atoms with E-state index in [1.807, 2.05) is 19.9 Å². The molecule has 0 radical (unpaired) electrons. The van der Waals surface area contributed by atoms with Crippen LogP contribution in [0.5, 0.6) is 5.75 Å². The number of halogens is 1. The Bertz CT molecular complexity index is 329. The summed E-state index contributed by atoms with van der Waals surface area (Å²) in [6.45, 7) is 6.69. The van der Waals surface area contributed by atoms with Gasteiger partial charge in [-0.2, -0.15) is 0 Å². The zero-order valence-corrected chi connectivity index (χ0v) is 11.0. The molecule has 0 saturated heterocycles. The van der Waals surface area contributed by atoms with Gasteiger partial charge in [0.25, 0.3) is 0 Å². The van der Waals surface area contributed by atoms with E-state index >= 15 is 0 Å². The zero-order chi connectivity index (χ0) is 12.1. The van der Waals surface area contributed by atoms with Crippen LogP contribution in [0.2, 0.25) is 5.02 Å². The van der Waals surface area contributed by atoms with Crippen LogP contribution in [0.3, 0.4) is 0 Å². The summed E-state index contributed by atoms with van der Waals surface area (Å²) in [5.74, 6) is 0.790. The van der Waals surface area contributed by atoms with E-state index in [-0.39, 0.29) is 6.04 Å². The van der Waals surface area contributed by atoms with Crippen molar-refractivity contribution in [3.8, 4) is 5.75 Å². The van der Waals surface area contributed by atoms with Crippen molar-refractivity contribution in [2.45, 2.75) is 39.7 Å². The van der Waals surface area contributed by atoms with Crippen molar-refractivity contribution in [2.75, 3.05) is 6.61 Å². The molecule has 0 amide bonds. The van der Waals surface area contributed by atoms with E-state index in [0.717, 1.165) is 24.2 Å². The molecule has 0 aliphatic heterocycles. The van der Waals surface area contributed by atoms with Crippen LogP contribution in [-0.4, -0.2) is 12.6 Å². The van der Waals surface area contributed by atoms with Crippen LogP contribution in [0.15, 0.2) is 12.1 Å². The van der Waals surface area contributed by atoms with Crippen molar-refractivity contribution in [3.05, 3.63) is 28.3 Å². The Labute approximate surface area is 103 Å². The Morgan fingerprint density at radius 3 is 2.56 bits per heavy atom. The fourth-order valence-corrected chi connectivity index (χ4v) is 2.04. The second kappa shape index (κ2) is 6.12. The van der Waals surface area contributed by atoms with E-state index in [0.29, 0.717) is 11.6 Å². The number of benzene rings is 1. The molecule has 1 aromatic carbocycles. The van der Waals surface area contributed by atoms with Gasteiger partial charge >= 0.3 is 0 Å². The number of aryl methyl sites for hydroxylation is 1. The Kier molecular flexibility index (Phi) is 5.10. The third-order valence-corrected chi connectivity index (χ3v) is 2.88. The number of ether oxygens (including phenoxy) is 1. The van der Waals surface area contributed by atoms with Gasteiger partial charge in [-0.05, 0) is 43.9 Å². The third-order valence-electron chi connectivity index (χ3n) is 2.60. The largest absolute Gasteiger partial charge is 0.492 e. The van der Waals surface area contributed by atoms with Crippen LogP contribution in [0.25, 0.3) is 0 Å². The second-order valence-electron chi connectivity index (χ2n) is 4.03. The van der Waals surface area contributed by atoms with Gasteiger partial charge in [0, 0.05) is 6.04 Å². The maximum Gasteiger partial charge on any atom is 0.140 e. The predicted molar refractivity (Wildman–Crippen MR) is 69.3 cm³/mol. The first-order valence-corrected chi connectivity index (χ1v) is 6.13. The molecule has 1 aromatic rings. The topological polar surface area (TPSA) is 35.2 Å². The molecule has 0 aliphatic carbocycles. The molecule has 3 heteroatoms. The van der Waals surface area contributed by atoms with Crippen molar-refractivity contribution in [3.63, 3.8) is 0 Å². The van der Waals surface area contributed by atoms with Crippen molar-refractivity contribution in [2.24, 2.45) is 5.73 Å². The smallest absolute Gasteiger partial charge is 0.140 e. The van der Waals surface area contributed by atoms with E-state index < -0.39 is 0 Å². The van der Waals surface area contributed by atoms with Crippen molar-refractivity contribution in [1.29, 1.82) is 0 Å². The number of hydrogen-bond acceptors (Lipinski definition) is 2. The van der Waals surface area contributed by atoms with Crippen molar-refractivity contribution >= 4 is 11.6 Å². The maximum absolute atomic E-state index is 6.17. The predicted octanol–water partition coefficient (Wildman–Crippen LogP) is 3.33. The lowest BCUT2D eigenvalue weighted by molar-refractivity contribution is 0.338. The molecule has 2 N–H and O–H groups in total. The summed E-state index contributed by atoms with van der Waals surface area (Å²) in [4.78, 5) is 0. The van der Waals surface area contributed by atoms with Gasteiger partial charge in [0.1, 0.15) is 5.75 Å². The molecule has 0 aromatic heterocycles. The van der Waals surface area contributed by atoms with E-state index in [2.05, 4.69) is 13.0 Å². The minimum absolute atomic E-state index is 0.202. The lowest BCUT2D eigenvalue weighted by Gasteiger charge is -2.13. The fraction of sp³-hybridized carbons (Fsp3) is 0.538. The first-order valence-electron chi connectivity index (χ1n) is 5.75. The van der Waals surface area contributed by atoms with Gasteiger partial charge < -0.3 is 10.5 Å². The Balaban J connectivity index is 2.91. The molecule has 0 fully saturated rings. The number of nitrogens with two attached hydrogens (primary N) is 1. The molecular weight excluding hydrogens is 222 g/mol. The highest BCUT2D eigenvalue weighted by atomic mass is 35.5. The molecule has 0 saturated carbocycles. The average molecular weight is 242 g/mol. The van der Waals surface area contributed by atoms with Crippen LogP contribution in [0.1, 0.15) is 31.4 Å². The van der Waals surface area contributed by atoms with E-state index in [1.54, 1.807) is 0 Å². The summed E-state index contributed by atoms with van der Waals surface area (Å²) in [6, 6.07) is 4.26. The first-order chi connectivity index (χ1) is 7.58. The molecule has 90 valence electrons. The average Bonchev–Trinajstić information content (AvgIpc) is 2.23. The molecule has 0 heterocycles. The molecular formula is C13H20ClNO. The summed E-state index contributed by atoms with van der Waals surface area (Å²) in [5, 5.41) is 0.681. The summed E-state index contributed by atoms with van der Waals surface area (Å²) in [7, 11) is 0. The fourth-order valence-electron chi connectivity index (χ4n) is 1.69. The van der Waals surface area contributed by atoms with E-state index in [4.69, 9.17) is 22.1 Å². The van der Waals surface area contributed by atoms with Crippen molar-refractivity contribution < 1.29 is 4.74 Å². The standard InChI is InChI=1S/C13H20ClNO/c1-4-11(15)7-10-6-9(3)13(16-5-2)12(14)8-10/h6,8,11H,4-5,7,15H2,1-3H3. The second-order valence-corrected chi connectivity index (χ2v) is 4.44. The first kappa shape index (κ1) is 13.3. The van der Waals surface area contributed by atoms with E-state index in [1.165, 1.54) is 5.56 Å². The number of hydrogen-bond donors (Lipinski definition) is 1. The van der Waals surface area contributed by atoms with Crippen LogP contribution < -0.4 is 10.5 Å². The molecule has 1 unspecified atom stereocenters. The molecule has 0 aliphatic rings. The van der Waals surface area contributed by atoms with Gasteiger partial charge in [0.2, 0.25) is 0 Å². The minimum atomic E-state index is 0.202. The highest BCUT2D eigenvalue weighted by Crippen LogP contribution is 2.30. The lowest BCUT2D eigenvalue weighted by Crippen LogP contribution is -2.21. The van der Waals surface area contributed by atoms with Gasteiger partial charge in [-0.25, -0.2) is 0 Å². The van der Waals surface area contributed by atoms with Crippen LogP contribution in [-0.2, 0) is 6.42 Å². The van der Waals surface area contributed by atoms with Crippen molar-refractivity contribution in [1.82, 2.24) is 0 Å². The van der Waals surface area contributed by atoms with Crippen LogP contribution in [0, 0.1) is 6.92 Å². The Morgan fingerprint density at radius 1 is 1.38 bits per heavy atom. The van der Waals surface area contributed by atoms with Gasteiger partial charge in [-0.3, -0.25) is 0 Å². The molecule has 1 atom stereocenters. The Hall–Kier alpha value is -0.730. The quantitative estimate of drug-likeness (QED) is 0.858. The normalized spacial score (nSPS) is 12.6. The SMILES string of the molecule is CCOc1c(C)cc(CC(N)CC)cc1Cl. The highest BCUT2D eigenvalue weighted by Gasteiger charge is 2.09. The van der Waals surface area contributed by atoms with Gasteiger partial charge in [0.15, 0.2) is 0 Å². The maximum atomic E-state index is 6.17. The molecule has 1 rings (SSSR count). The van der Waals surface area contributed by atoms with Gasteiger partial charge in [-0.15, -0.1) is 0 Å². The summed E-state index contributed by atoms with van der Waals surface area (Å²) >= 11 is 6.17. The zero-order valence-electron chi connectivity index (χ0n) is 10.2. The highest BCUT2D eigenvalue weighted by molar-refractivity contribution is 6.32. The molecule has 2 nitrogen and oxygen atoms in total. The Morgan fingerprint density at radius 2 is 2.06 bits per heavy atom. The van der Waals surface area contributed by atoms with Crippen LogP contribution in [0.4, 0.5) is 0 Å². The monoisotopic (exact) mass is 241 g/mol. The summed E-state index contributed by atoms with van der Waals surface area (Å²) < 4.78 is 5.49. The lowest BCUT2D eigenvalue weighted by atomic mass is 10.0. The third kappa shape index (κ3) is 3.39. The molecule has 0 bridgehead atoms. The summed E-state index contributed by atoms with van der Waals surface area (Å²) in [6.07, 6.45) is 1.84. The summed E-state index contributed by atoms with van der Waals surface area (Å²) in [5.41, 5.74) is 8.18. The minimum Gasteiger partial charge on any atom is -0.492 e. The van der Waals surface area contributed by atoms with Gasteiger partial charge in [-0.1, -0.05) is 24.6 Å². The number of rotatable bonds is 5. The van der Waals surface area contributed by atoms with Crippen LogP contribution >= 0.6 is 11.6 Å². The molecule has 0 spiro atoms.